The van der Waals surface area contributed by atoms with Crippen LogP contribution in [-0.2, 0) is 11.3 Å². The van der Waals surface area contributed by atoms with Crippen LogP contribution in [0.3, 0.4) is 0 Å². The second-order valence-electron chi connectivity index (χ2n) is 8.34. The van der Waals surface area contributed by atoms with E-state index in [4.69, 9.17) is 0 Å². The Labute approximate surface area is 177 Å². The fourth-order valence-corrected chi connectivity index (χ4v) is 3.71. The molecule has 2 heterocycles. The van der Waals surface area contributed by atoms with Gasteiger partial charge in [0, 0.05) is 25.4 Å². The third-order valence-electron chi connectivity index (χ3n) is 5.71. The molecule has 0 unspecified atom stereocenters. The summed E-state index contributed by atoms with van der Waals surface area (Å²) in [5, 5.41) is 2.97. The van der Waals surface area contributed by atoms with Crippen LogP contribution in [0.15, 0.2) is 47.4 Å². The van der Waals surface area contributed by atoms with E-state index in [1.54, 1.807) is 4.90 Å². The number of piperidine rings is 1. The summed E-state index contributed by atoms with van der Waals surface area (Å²) in [7, 11) is 0. The molecule has 1 aromatic carbocycles. The standard InChI is InChI=1S/C24H31N3O3/c1-17(2)19-7-9-20(10-8-19)18(3)25-24(30)21-11-12-22(28)27(15-21)16-23(29)26-13-5-4-6-14-26/h7-12,15,17-18H,4-6,13-14,16H2,1-3H3,(H,25,30)/t18-/m0/s1. The molecule has 1 N–H and O–H groups in total. The topological polar surface area (TPSA) is 71.4 Å². The zero-order valence-electron chi connectivity index (χ0n) is 18.1. The Bertz CT molecular complexity index is 941. The highest BCUT2D eigenvalue weighted by Crippen LogP contribution is 2.19. The van der Waals surface area contributed by atoms with Gasteiger partial charge in [0.15, 0.2) is 0 Å². The highest BCUT2D eigenvalue weighted by Gasteiger charge is 2.18. The quantitative estimate of drug-likeness (QED) is 0.794. The average Bonchev–Trinajstić information content (AvgIpc) is 2.75. The molecule has 1 fully saturated rings. The molecule has 1 aliphatic heterocycles. The zero-order chi connectivity index (χ0) is 21.7. The molecule has 6 nitrogen and oxygen atoms in total. The maximum absolute atomic E-state index is 12.7. The van der Waals surface area contributed by atoms with Crippen LogP contribution in [0.25, 0.3) is 0 Å². The second kappa shape index (κ2) is 9.74. The first-order valence-corrected chi connectivity index (χ1v) is 10.7. The number of nitrogens with one attached hydrogen (secondary N) is 1. The molecular weight excluding hydrogens is 378 g/mol. The lowest BCUT2D eigenvalue weighted by molar-refractivity contribution is -0.132. The minimum atomic E-state index is -0.283. The first kappa shape index (κ1) is 21.8. The van der Waals surface area contributed by atoms with Crippen LogP contribution in [0.5, 0.6) is 0 Å². The van der Waals surface area contributed by atoms with E-state index in [2.05, 4.69) is 31.3 Å². The number of benzene rings is 1. The highest BCUT2D eigenvalue weighted by atomic mass is 16.2. The van der Waals surface area contributed by atoms with Gasteiger partial charge in [-0.3, -0.25) is 14.4 Å². The van der Waals surface area contributed by atoms with E-state index in [0.29, 0.717) is 11.5 Å². The van der Waals surface area contributed by atoms with E-state index < -0.39 is 0 Å². The number of carbonyl (C=O) groups is 2. The molecule has 160 valence electrons. The van der Waals surface area contributed by atoms with Crippen molar-refractivity contribution in [2.45, 2.75) is 58.5 Å². The normalized spacial score (nSPS) is 15.1. The minimum Gasteiger partial charge on any atom is -0.345 e. The van der Waals surface area contributed by atoms with Crippen LogP contribution in [-0.4, -0.2) is 34.4 Å². The van der Waals surface area contributed by atoms with Gasteiger partial charge in [0.1, 0.15) is 6.54 Å². The predicted molar refractivity (Wildman–Crippen MR) is 118 cm³/mol. The van der Waals surface area contributed by atoms with Gasteiger partial charge in [0.25, 0.3) is 11.5 Å². The van der Waals surface area contributed by atoms with Gasteiger partial charge in [-0.2, -0.15) is 0 Å². The van der Waals surface area contributed by atoms with Crippen molar-refractivity contribution < 1.29 is 9.59 Å². The fourth-order valence-electron chi connectivity index (χ4n) is 3.71. The summed E-state index contributed by atoms with van der Waals surface area (Å²) in [6, 6.07) is 10.9. The van der Waals surface area contributed by atoms with Gasteiger partial charge in [0.2, 0.25) is 5.91 Å². The van der Waals surface area contributed by atoms with Gasteiger partial charge in [-0.05, 0) is 49.3 Å². The fraction of sp³-hybridized carbons (Fsp3) is 0.458. The zero-order valence-corrected chi connectivity index (χ0v) is 18.1. The molecule has 2 aromatic rings. The number of carbonyl (C=O) groups excluding carboxylic acids is 2. The maximum Gasteiger partial charge on any atom is 0.253 e. The van der Waals surface area contributed by atoms with Crippen molar-refractivity contribution in [1.29, 1.82) is 0 Å². The Balaban J connectivity index is 1.67. The summed E-state index contributed by atoms with van der Waals surface area (Å²) in [4.78, 5) is 39.2. The Morgan fingerprint density at radius 1 is 0.933 bits per heavy atom. The number of hydrogen-bond acceptors (Lipinski definition) is 3. The number of hydrogen-bond donors (Lipinski definition) is 1. The summed E-state index contributed by atoms with van der Waals surface area (Å²) in [6.07, 6.45) is 4.62. The van der Waals surface area contributed by atoms with Crippen molar-refractivity contribution in [3.05, 3.63) is 69.6 Å². The molecule has 0 aliphatic carbocycles. The van der Waals surface area contributed by atoms with Gasteiger partial charge < -0.3 is 14.8 Å². The Kier molecular flexibility index (Phi) is 7.08. The molecule has 1 saturated heterocycles. The van der Waals surface area contributed by atoms with E-state index in [1.807, 2.05) is 19.1 Å². The number of amides is 2. The lowest BCUT2D eigenvalue weighted by atomic mass is 9.99. The summed E-state index contributed by atoms with van der Waals surface area (Å²) in [6.45, 7) is 7.66. The van der Waals surface area contributed by atoms with Gasteiger partial charge >= 0.3 is 0 Å². The third-order valence-corrected chi connectivity index (χ3v) is 5.71. The Morgan fingerprint density at radius 3 is 2.20 bits per heavy atom. The van der Waals surface area contributed by atoms with Crippen LogP contribution < -0.4 is 10.9 Å². The first-order valence-electron chi connectivity index (χ1n) is 10.7. The number of rotatable bonds is 6. The molecule has 30 heavy (non-hydrogen) atoms. The van der Waals surface area contributed by atoms with E-state index in [-0.39, 0.29) is 30.0 Å². The smallest absolute Gasteiger partial charge is 0.253 e. The summed E-state index contributed by atoms with van der Waals surface area (Å²) in [5.74, 6) is 0.111. The van der Waals surface area contributed by atoms with E-state index in [0.717, 1.165) is 37.9 Å². The average molecular weight is 410 g/mol. The van der Waals surface area contributed by atoms with E-state index >= 15 is 0 Å². The largest absolute Gasteiger partial charge is 0.345 e. The summed E-state index contributed by atoms with van der Waals surface area (Å²) >= 11 is 0. The van der Waals surface area contributed by atoms with Crippen molar-refractivity contribution in [2.75, 3.05) is 13.1 Å². The van der Waals surface area contributed by atoms with Crippen molar-refractivity contribution in [3.8, 4) is 0 Å². The molecule has 1 aliphatic rings. The van der Waals surface area contributed by atoms with Crippen LogP contribution in [0.4, 0.5) is 0 Å². The van der Waals surface area contributed by atoms with E-state index in [9.17, 15) is 14.4 Å². The molecule has 0 spiro atoms. The molecule has 1 aromatic heterocycles. The molecular formula is C24H31N3O3. The Morgan fingerprint density at radius 2 is 1.57 bits per heavy atom. The van der Waals surface area contributed by atoms with Crippen LogP contribution in [0.2, 0.25) is 0 Å². The lowest BCUT2D eigenvalue weighted by Crippen LogP contribution is -2.39. The molecule has 2 amide bonds. The summed E-state index contributed by atoms with van der Waals surface area (Å²) in [5.41, 5.74) is 2.35. The lowest BCUT2D eigenvalue weighted by Gasteiger charge is -2.27. The second-order valence-corrected chi connectivity index (χ2v) is 8.34. The molecule has 0 radical (unpaired) electrons. The van der Waals surface area contributed by atoms with Crippen molar-refractivity contribution in [3.63, 3.8) is 0 Å². The first-order chi connectivity index (χ1) is 14.3. The maximum atomic E-state index is 12.7. The van der Waals surface area contributed by atoms with Crippen LogP contribution in [0, 0.1) is 0 Å². The number of aromatic nitrogens is 1. The van der Waals surface area contributed by atoms with Gasteiger partial charge in [-0.25, -0.2) is 0 Å². The third kappa shape index (κ3) is 5.38. The number of pyridine rings is 1. The van der Waals surface area contributed by atoms with Crippen molar-refractivity contribution >= 4 is 11.8 Å². The molecule has 6 heteroatoms. The minimum absolute atomic E-state index is 0.0355. The SMILES string of the molecule is CC(C)c1ccc([C@H](C)NC(=O)c2ccc(=O)n(CC(=O)N3CCCCC3)c2)cc1. The van der Waals surface area contributed by atoms with Crippen molar-refractivity contribution in [1.82, 2.24) is 14.8 Å². The number of nitrogens with zero attached hydrogens (tertiary/aromatic N) is 2. The molecule has 0 saturated carbocycles. The molecule has 1 atom stereocenters. The predicted octanol–water partition coefficient (Wildman–Crippen LogP) is 3.48. The van der Waals surface area contributed by atoms with Crippen molar-refractivity contribution in [2.24, 2.45) is 0 Å². The van der Waals surface area contributed by atoms with Crippen LogP contribution in [0.1, 0.15) is 73.5 Å². The summed E-state index contributed by atoms with van der Waals surface area (Å²) < 4.78 is 1.33. The molecule has 3 rings (SSSR count). The highest BCUT2D eigenvalue weighted by molar-refractivity contribution is 5.94. The van der Waals surface area contributed by atoms with Crippen LogP contribution >= 0.6 is 0 Å². The molecule has 0 bridgehead atoms. The Hall–Kier alpha value is -2.89. The van der Waals surface area contributed by atoms with Gasteiger partial charge in [-0.1, -0.05) is 38.1 Å². The van der Waals surface area contributed by atoms with Gasteiger partial charge in [-0.15, -0.1) is 0 Å². The van der Waals surface area contributed by atoms with Gasteiger partial charge in [0.05, 0.1) is 11.6 Å². The monoisotopic (exact) mass is 409 g/mol. The number of likely N-dealkylation sites (tertiary alicyclic amines) is 1. The van der Waals surface area contributed by atoms with E-state index in [1.165, 1.54) is 28.5 Å².